The number of aromatic nitrogens is 5. The Kier molecular flexibility index (Phi) is 22.5. The van der Waals surface area contributed by atoms with Gasteiger partial charge in [0.1, 0.15) is 35.5 Å². The van der Waals surface area contributed by atoms with Gasteiger partial charge in [0.2, 0.25) is 0 Å². The van der Waals surface area contributed by atoms with Gasteiger partial charge in [-0.1, -0.05) is 3.97 Å². The molecule has 0 aliphatic rings. The van der Waals surface area contributed by atoms with Gasteiger partial charge in [0.15, 0.2) is 12.4 Å². The minimum absolute atomic E-state index is 0. The molecule has 0 atom stereocenters. The highest BCUT2D eigenvalue weighted by Gasteiger charge is 2.28. The van der Waals surface area contributed by atoms with Crippen LogP contribution >= 0.6 is 12.4 Å². The second-order valence-corrected chi connectivity index (χ2v) is 20.9. The van der Waals surface area contributed by atoms with Crippen LogP contribution in [-0.2, 0) is 29.9 Å². The molecule has 23 heteroatoms. The molecule has 0 bridgehead atoms. The standard InChI is InChI=1S/C19H29N5O4S.C14H20N4.C12H19N3O4S.ClH/c1-13-10-15-16(11-14(13)2)21-12-22-17(15)20-8-6-7-9-23-29(26,27)24-18(25)28-19(3,4)5;1-10-7-12-13(8-11(10)2)17-9-18-14(12)16-6-4-3-5-15;1-12(2,3)19-11(16)13-20(17,18)15-8-6-10(7-9-15)14(4)5;/h10-12,23H,6-9H2,1-5H3,(H,24,25)(H,20,21,22);7-9H,3-6,15H2,1-2H3,(H,16,17,18);6-9H,1-5H3;1H/p+1. The summed E-state index contributed by atoms with van der Waals surface area (Å²) in [6.45, 7) is 20.7. The molecule has 0 fully saturated rings. The van der Waals surface area contributed by atoms with E-state index in [0.717, 1.165) is 69.0 Å². The lowest BCUT2D eigenvalue weighted by Crippen LogP contribution is -2.52. The summed E-state index contributed by atoms with van der Waals surface area (Å²) in [6, 6.07) is 11.6. The molecule has 5 rings (SSSR count). The number of nitrogens with zero attached hydrogens (tertiary/aromatic N) is 6. The summed E-state index contributed by atoms with van der Waals surface area (Å²) in [5.74, 6) is 1.67. The molecule has 3 heterocycles. The maximum absolute atomic E-state index is 11.9. The van der Waals surface area contributed by atoms with Crippen molar-refractivity contribution < 1.29 is 39.9 Å². The third-order valence-corrected chi connectivity index (χ3v) is 11.7. The number of rotatable bonds is 16. The van der Waals surface area contributed by atoms with E-state index < -0.39 is 43.8 Å². The molecule has 2 amide bonds. The molecule has 5 aromatic rings. The maximum Gasteiger partial charge on any atom is 0.474 e. The van der Waals surface area contributed by atoms with Crippen LogP contribution in [0.15, 0.2) is 61.4 Å². The summed E-state index contributed by atoms with van der Waals surface area (Å²) < 4.78 is 64.3. The molecule has 0 radical (unpaired) electrons. The molecule has 0 unspecified atom stereocenters. The van der Waals surface area contributed by atoms with Gasteiger partial charge in [0.05, 0.1) is 11.0 Å². The lowest BCUT2D eigenvalue weighted by atomic mass is 10.1. The first-order valence-electron chi connectivity index (χ1n) is 21.8. The van der Waals surface area contributed by atoms with Crippen LogP contribution in [0.5, 0.6) is 0 Å². The van der Waals surface area contributed by atoms with Crippen molar-refractivity contribution in [1.29, 1.82) is 0 Å². The van der Waals surface area contributed by atoms with Crippen molar-refractivity contribution in [2.45, 2.75) is 106 Å². The Hall–Kier alpha value is -5.68. The number of amides is 2. The summed E-state index contributed by atoms with van der Waals surface area (Å²) in [6.07, 6.45) is 7.22. The fourth-order valence-corrected chi connectivity index (χ4v) is 7.36. The smallest absolute Gasteiger partial charge is 0.443 e. The number of nitrogens with two attached hydrogens (primary N) is 1. The molecule has 0 aliphatic carbocycles. The van der Waals surface area contributed by atoms with Crippen molar-refractivity contribution in [2.75, 3.05) is 55.8 Å². The average molecular weight is 1010 g/mol. The molecule has 0 saturated carbocycles. The van der Waals surface area contributed by atoms with Crippen molar-refractivity contribution in [1.82, 2.24) is 34.1 Å². The minimum atomic E-state index is -4.00. The molecule has 2 aromatic carbocycles. The number of carbonyl (C=O) groups excluding carboxylic acids is 2. The Labute approximate surface area is 407 Å². The van der Waals surface area contributed by atoms with Crippen LogP contribution in [0.2, 0.25) is 0 Å². The van der Waals surface area contributed by atoms with Gasteiger partial charge in [0.25, 0.3) is 0 Å². The second-order valence-electron chi connectivity index (χ2n) is 17.8. The van der Waals surface area contributed by atoms with Crippen molar-refractivity contribution in [3.63, 3.8) is 0 Å². The van der Waals surface area contributed by atoms with E-state index in [1.807, 2.05) is 48.4 Å². The highest BCUT2D eigenvalue weighted by Crippen LogP contribution is 2.24. The van der Waals surface area contributed by atoms with Gasteiger partial charge in [-0.3, -0.25) is 0 Å². The van der Waals surface area contributed by atoms with Gasteiger partial charge < -0.3 is 30.7 Å². The van der Waals surface area contributed by atoms with Crippen LogP contribution in [0.25, 0.3) is 21.8 Å². The number of aryl methyl sites for hydroxylation is 4. The highest BCUT2D eigenvalue weighted by molar-refractivity contribution is 7.88. The van der Waals surface area contributed by atoms with Crippen LogP contribution in [0.1, 0.15) is 89.5 Å². The lowest BCUT2D eigenvalue weighted by Gasteiger charge is -2.19. The summed E-state index contributed by atoms with van der Waals surface area (Å²) in [5, 5.41) is 8.68. The number of benzene rings is 2. The van der Waals surface area contributed by atoms with Gasteiger partial charge in [-0.05, 0) is 148 Å². The molecule has 7 N–H and O–H groups in total. The Morgan fingerprint density at radius 3 is 1.49 bits per heavy atom. The molecule has 0 aliphatic heterocycles. The fraction of sp³-hybridized carbons (Fsp3) is 0.489. The first-order valence-corrected chi connectivity index (χ1v) is 24.7. The third-order valence-electron chi connectivity index (χ3n) is 9.42. The normalized spacial score (nSPS) is 11.5. The van der Waals surface area contributed by atoms with Gasteiger partial charge in [-0.2, -0.15) is 17.9 Å². The number of hydrogen-bond acceptors (Lipinski definition) is 16. The van der Waals surface area contributed by atoms with E-state index in [2.05, 4.69) is 67.3 Å². The third kappa shape index (κ3) is 20.3. The number of pyridine rings is 1. The van der Waals surface area contributed by atoms with E-state index in [4.69, 9.17) is 15.2 Å². The van der Waals surface area contributed by atoms with Crippen molar-refractivity contribution >= 4 is 84.1 Å². The van der Waals surface area contributed by atoms with Crippen LogP contribution in [0.4, 0.5) is 26.9 Å². The van der Waals surface area contributed by atoms with Gasteiger partial charge >= 0.3 is 32.6 Å². The topological polar surface area (TPSA) is 266 Å². The number of anilines is 3. The monoisotopic (exact) mass is 1010 g/mol. The first-order chi connectivity index (χ1) is 31.2. The van der Waals surface area contributed by atoms with Crippen LogP contribution in [0, 0.1) is 27.7 Å². The van der Waals surface area contributed by atoms with Gasteiger partial charge in [0, 0.05) is 62.3 Å². The number of hydrogen-bond donors (Lipinski definition) is 6. The van der Waals surface area contributed by atoms with E-state index in [-0.39, 0.29) is 19.0 Å². The lowest BCUT2D eigenvalue weighted by molar-refractivity contribution is -0.512. The van der Waals surface area contributed by atoms with Gasteiger partial charge in [-0.25, -0.2) is 34.2 Å². The average Bonchev–Trinajstić information content (AvgIpc) is 3.20. The predicted molar refractivity (Wildman–Crippen MR) is 271 cm³/mol. The summed E-state index contributed by atoms with van der Waals surface area (Å²) >= 11 is 0. The Balaban J connectivity index is 0.000000360. The number of halogens is 1. The fourth-order valence-electron chi connectivity index (χ4n) is 5.82. The van der Waals surface area contributed by atoms with E-state index >= 15 is 0 Å². The van der Waals surface area contributed by atoms with Crippen LogP contribution in [-0.4, -0.2) is 100 Å². The number of unbranched alkanes of at least 4 members (excludes halogenated alkanes) is 2. The molecular formula is C45H70ClN12O8S2+. The van der Waals surface area contributed by atoms with Crippen molar-refractivity contribution in [3.8, 4) is 0 Å². The SMILES string of the molecule is CN(C)c1cc[n+](S(=O)(=O)NC(=O)OC(C)(C)C)cc1.Cc1cc2ncnc(NCCCCN)c2cc1C.Cc1cc2ncnc(NCCCCNS(=O)(=O)NC(=O)OC(C)(C)C)c2cc1C.Cl. The molecule has 3 aromatic heterocycles. The summed E-state index contributed by atoms with van der Waals surface area (Å²) in [7, 11) is -4.27. The Morgan fingerprint density at radius 2 is 1.06 bits per heavy atom. The molecule has 0 saturated heterocycles. The van der Waals surface area contributed by atoms with Crippen LogP contribution in [0.3, 0.4) is 0 Å². The number of nitrogens with one attached hydrogen (secondary N) is 5. The van der Waals surface area contributed by atoms with Crippen molar-refractivity contribution in [2.24, 2.45) is 5.73 Å². The number of fused-ring (bicyclic) bond motifs is 2. The zero-order valence-electron chi connectivity index (χ0n) is 41.2. The van der Waals surface area contributed by atoms with Crippen molar-refractivity contribution in [3.05, 3.63) is 83.7 Å². The molecule has 0 spiro atoms. The summed E-state index contributed by atoms with van der Waals surface area (Å²) in [4.78, 5) is 42.1. The zero-order valence-corrected chi connectivity index (χ0v) is 43.6. The minimum Gasteiger partial charge on any atom is -0.443 e. The quantitative estimate of drug-likeness (QED) is 0.0469. The summed E-state index contributed by atoms with van der Waals surface area (Å²) in [5.41, 5.74) is 11.5. The zero-order chi connectivity index (χ0) is 50.2. The maximum atomic E-state index is 11.9. The number of ether oxygens (including phenoxy) is 2. The van der Waals surface area contributed by atoms with Crippen LogP contribution < -0.4 is 39.4 Å². The molecule has 376 valence electrons. The van der Waals surface area contributed by atoms with E-state index in [0.29, 0.717) is 19.4 Å². The van der Waals surface area contributed by atoms with E-state index in [1.54, 1.807) is 60.0 Å². The predicted octanol–water partition coefficient (Wildman–Crippen LogP) is 6.27. The molecule has 68 heavy (non-hydrogen) atoms. The Morgan fingerprint density at radius 1 is 0.647 bits per heavy atom. The molecular weight excluding hydrogens is 936 g/mol. The second kappa shape index (κ2) is 26.2. The Bertz CT molecular complexity index is 2660. The van der Waals surface area contributed by atoms with E-state index in [1.165, 1.54) is 41.0 Å². The first kappa shape index (κ1) is 58.4. The highest BCUT2D eigenvalue weighted by atomic mass is 35.5. The van der Waals surface area contributed by atoms with Gasteiger partial charge in [-0.15, -0.1) is 20.8 Å². The molecule has 20 nitrogen and oxygen atoms in total. The van der Waals surface area contributed by atoms with E-state index in [9.17, 15) is 26.4 Å². The largest absolute Gasteiger partial charge is 0.474 e. The number of carbonyl (C=O) groups is 2.